The van der Waals surface area contributed by atoms with Crippen molar-refractivity contribution < 1.29 is 48.4 Å². The van der Waals surface area contributed by atoms with Crippen LogP contribution in [-0.4, -0.2) is 114 Å². The first-order chi connectivity index (χ1) is 21.0. The van der Waals surface area contributed by atoms with Crippen molar-refractivity contribution in [3.05, 3.63) is 29.3 Å². The summed E-state index contributed by atoms with van der Waals surface area (Å²) >= 11 is 0. The molecule has 238 valence electrons. The van der Waals surface area contributed by atoms with E-state index in [9.17, 15) is 34.7 Å². The summed E-state index contributed by atoms with van der Waals surface area (Å²) in [5, 5.41) is 41.0. The van der Waals surface area contributed by atoms with E-state index in [4.69, 9.17) is 30.0 Å². The summed E-state index contributed by atoms with van der Waals surface area (Å²) in [6.07, 6.45) is -4.75. The van der Waals surface area contributed by atoms with Crippen molar-refractivity contribution in [1.29, 1.82) is 0 Å². The number of H-pyrrole nitrogens is 1. The average molecular weight is 641 g/mol. The van der Waals surface area contributed by atoms with Crippen molar-refractivity contribution in [3.63, 3.8) is 0 Å². The number of anilines is 2. The minimum absolute atomic E-state index is 0.0298. The van der Waals surface area contributed by atoms with E-state index >= 15 is 0 Å². The zero-order chi connectivity index (χ0) is 31.4. The third-order valence-electron chi connectivity index (χ3n) is 7.51. The quantitative estimate of drug-likeness (QED) is 0.0816. The summed E-state index contributed by atoms with van der Waals surface area (Å²) < 4.78 is 38.1. The Kier molecular flexibility index (Phi) is 7.86. The number of rotatable bonds is 10. The summed E-state index contributed by atoms with van der Waals surface area (Å²) in [6, 6.07) is 0. The Morgan fingerprint density at radius 1 is 1.07 bits per heavy atom. The number of hydrogen-bond donors (Lipinski definition) is 8. The fourth-order valence-corrected chi connectivity index (χ4v) is 6.29. The lowest BCUT2D eigenvalue weighted by molar-refractivity contribution is -0.115. The third kappa shape index (κ3) is 5.32. The maximum absolute atomic E-state index is 13.2. The van der Waals surface area contributed by atoms with Crippen LogP contribution < -0.4 is 17.0 Å². The van der Waals surface area contributed by atoms with Crippen molar-refractivity contribution in [2.24, 2.45) is 0 Å². The molecule has 0 amide bonds. The summed E-state index contributed by atoms with van der Waals surface area (Å²) in [4.78, 5) is 45.4. The van der Waals surface area contributed by atoms with E-state index in [0.717, 1.165) is 0 Å². The van der Waals surface area contributed by atoms with Crippen molar-refractivity contribution >= 4 is 41.9 Å². The van der Waals surface area contributed by atoms with Gasteiger partial charge >= 0.3 is 7.82 Å². The molecule has 2 aliphatic rings. The van der Waals surface area contributed by atoms with Gasteiger partial charge in [0.15, 0.2) is 35.1 Å². The van der Waals surface area contributed by atoms with Crippen LogP contribution in [0.15, 0.2) is 23.8 Å². The number of nitrogen functional groups attached to an aromatic ring is 2. The van der Waals surface area contributed by atoms with Crippen molar-refractivity contribution in [1.82, 2.24) is 39.0 Å². The van der Waals surface area contributed by atoms with Crippen LogP contribution in [-0.2, 0) is 23.1 Å². The van der Waals surface area contributed by atoms with Crippen molar-refractivity contribution in [2.75, 3.05) is 31.3 Å². The molecule has 4 aromatic heterocycles. The lowest BCUT2D eigenvalue weighted by Crippen LogP contribution is -2.34. The largest absolute Gasteiger partial charge is 0.472 e. The van der Waals surface area contributed by atoms with E-state index < -0.39 is 75.7 Å². The number of nitrogens with two attached hydrogens (primary N) is 2. The van der Waals surface area contributed by atoms with Gasteiger partial charge < -0.3 is 46.3 Å². The number of nitrogens with zero attached hydrogens (tertiary/aromatic N) is 7. The number of hydrogen-bond acceptors (Lipinski definition) is 17. The standard InChI is InChI=1S/C22H29N10O11P/c23-15-11-16(26-6-25-15)31(7-27-11)20-14(36)13(35)10(41-20)4-40-44(38,39)43-9-3-22(5-34,1-2-33)42-19(9)32-8-28-12-17(32)29-21(24)30-18(12)37/h6-10,13-14,19-20,33-36H,1-5H2,(H,38,39)(H2,23,25,26)(H3,24,29,30,37)/t9-,10-,13-,14-,19-,20-,22-/m1/s1. The minimum atomic E-state index is -4.97. The monoisotopic (exact) mass is 640 g/mol. The number of aromatic nitrogens is 8. The van der Waals surface area contributed by atoms with Crippen LogP contribution >= 0.6 is 7.82 Å². The smallest absolute Gasteiger partial charge is 0.396 e. The Hall–Kier alpha value is -3.63. The number of aliphatic hydroxyl groups excluding tert-OH is 4. The highest BCUT2D eigenvalue weighted by atomic mass is 31.2. The van der Waals surface area contributed by atoms with Gasteiger partial charge in [-0.3, -0.25) is 28.0 Å². The van der Waals surface area contributed by atoms with Gasteiger partial charge in [0.2, 0.25) is 5.95 Å². The van der Waals surface area contributed by atoms with E-state index in [2.05, 4.69) is 29.9 Å². The number of phosphoric ester groups is 1. The molecule has 2 fully saturated rings. The highest BCUT2D eigenvalue weighted by Crippen LogP contribution is 2.52. The lowest BCUT2D eigenvalue weighted by atomic mass is 9.96. The first kappa shape index (κ1) is 30.4. The molecule has 0 aliphatic carbocycles. The molecule has 2 saturated heterocycles. The van der Waals surface area contributed by atoms with E-state index in [-0.39, 0.29) is 46.9 Å². The molecule has 44 heavy (non-hydrogen) atoms. The highest BCUT2D eigenvalue weighted by molar-refractivity contribution is 7.47. The van der Waals surface area contributed by atoms with Crippen molar-refractivity contribution in [2.45, 2.75) is 55.3 Å². The molecule has 1 unspecified atom stereocenters. The molecule has 6 rings (SSSR count). The average Bonchev–Trinajstić information content (AvgIpc) is 3.73. The van der Waals surface area contributed by atoms with Gasteiger partial charge in [-0.15, -0.1) is 0 Å². The second kappa shape index (κ2) is 11.4. The first-order valence-corrected chi connectivity index (χ1v) is 14.7. The maximum Gasteiger partial charge on any atom is 0.472 e. The maximum atomic E-state index is 13.2. The van der Waals surface area contributed by atoms with Crippen LogP contribution in [0.1, 0.15) is 25.3 Å². The van der Waals surface area contributed by atoms with Gasteiger partial charge in [0.1, 0.15) is 36.3 Å². The Balaban J connectivity index is 1.20. The number of aliphatic hydroxyl groups is 4. The zero-order valence-electron chi connectivity index (χ0n) is 22.6. The Bertz CT molecular complexity index is 1780. The highest BCUT2D eigenvalue weighted by Gasteiger charge is 2.51. The summed E-state index contributed by atoms with van der Waals surface area (Å²) in [5.41, 5.74) is 9.78. The summed E-state index contributed by atoms with van der Waals surface area (Å²) in [5.74, 6) is -0.136. The predicted octanol–water partition coefficient (Wildman–Crippen LogP) is -2.72. The molecule has 22 heteroatoms. The molecular weight excluding hydrogens is 611 g/mol. The number of imidazole rings is 2. The minimum Gasteiger partial charge on any atom is -0.396 e. The molecule has 8 atom stereocenters. The lowest BCUT2D eigenvalue weighted by Gasteiger charge is -2.26. The number of aromatic amines is 1. The molecule has 2 aliphatic heterocycles. The second-order valence-electron chi connectivity index (χ2n) is 10.3. The van der Waals surface area contributed by atoms with Crippen LogP contribution in [0, 0.1) is 0 Å². The van der Waals surface area contributed by atoms with E-state index in [1.165, 1.54) is 28.1 Å². The molecule has 0 spiro atoms. The van der Waals surface area contributed by atoms with Crippen LogP contribution in [0.4, 0.5) is 11.8 Å². The first-order valence-electron chi connectivity index (χ1n) is 13.2. The zero-order valence-corrected chi connectivity index (χ0v) is 23.5. The molecule has 0 bridgehead atoms. The van der Waals surface area contributed by atoms with Crippen LogP contribution in [0.2, 0.25) is 0 Å². The van der Waals surface area contributed by atoms with E-state index in [1.807, 2.05) is 0 Å². The van der Waals surface area contributed by atoms with Gasteiger partial charge in [-0.2, -0.15) is 4.98 Å². The number of fused-ring (bicyclic) bond motifs is 2. The Morgan fingerprint density at radius 2 is 1.80 bits per heavy atom. The molecule has 0 saturated carbocycles. The van der Waals surface area contributed by atoms with E-state index in [0.29, 0.717) is 0 Å². The molecular formula is C22H29N10O11P. The van der Waals surface area contributed by atoms with Gasteiger partial charge in [-0.1, -0.05) is 0 Å². The summed E-state index contributed by atoms with van der Waals surface area (Å²) in [7, 11) is -4.97. The number of phosphoric acid groups is 1. The normalized spacial score (nSPS) is 30.4. The van der Waals surface area contributed by atoms with Gasteiger partial charge in [-0.05, 0) is 0 Å². The van der Waals surface area contributed by atoms with Crippen LogP contribution in [0.25, 0.3) is 22.3 Å². The van der Waals surface area contributed by atoms with Gasteiger partial charge in [-0.25, -0.2) is 24.5 Å². The number of nitrogens with one attached hydrogen (secondary N) is 1. The SMILES string of the molecule is Nc1nc2c(ncn2[C@@H]2O[C@](CO)(CCO)C[C@H]2OP(=O)(O)OC[C@H]2O[C@@H](n3cnc4c(N)ncnc43)[C@H](O)[C@@H]2O)c(=O)[nH]1. The Morgan fingerprint density at radius 3 is 2.52 bits per heavy atom. The fourth-order valence-electron chi connectivity index (χ4n) is 5.37. The predicted molar refractivity (Wildman–Crippen MR) is 145 cm³/mol. The summed E-state index contributed by atoms with van der Waals surface area (Å²) in [6.45, 7) is -1.69. The van der Waals surface area contributed by atoms with Gasteiger partial charge in [0, 0.05) is 19.4 Å². The van der Waals surface area contributed by atoms with Crippen LogP contribution in [0.3, 0.4) is 0 Å². The fraction of sp³-hybridized carbons (Fsp3) is 0.545. The second-order valence-corrected chi connectivity index (χ2v) is 11.7. The molecule has 0 radical (unpaired) electrons. The Labute approximate surface area is 245 Å². The molecule has 6 heterocycles. The number of ether oxygens (including phenoxy) is 2. The van der Waals surface area contributed by atoms with Crippen LogP contribution in [0.5, 0.6) is 0 Å². The van der Waals surface area contributed by atoms with E-state index in [1.54, 1.807) is 0 Å². The molecule has 10 N–H and O–H groups in total. The van der Waals surface area contributed by atoms with Gasteiger partial charge in [0.05, 0.1) is 31.5 Å². The molecule has 4 aromatic rings. The topological polar surface area (TPSA) is 314 Å². The van der Waals surface area contributed by atoms with Crippen molar-refractivity contribution in [3.8, 4) is 0 Å². The molecule has 0 aromatic carbocycles. The van der Waals surface area contributed by atoms with Gasteiger partial charge in [0.25, 0.3) is 5.56 Å². The molecule has 21 nitrogen and oxygen atoms in total. The third-order valence-corrected chi connectivity index (χ3v) is 8.52.